The lowest BCUT2D eigenvalue weighted by Gasteiger charge is -2.18. The monoisotopic (exact) mass is 1750 g/mol. The van der Waals surface area contributed by atoms with Crippen LogP contribution in [0.15, 0.2) is 271 Å². The Bertz CT molecular complexity index is 6090. The van der Waals surface area contributed by atoms with Gasteiger partial charge in [-0.05, 0) is 215 Å². The van der Waals surface area contributed by atoms with Crippen molar-refractivity contribution < 1.29 is 63.1 Å². The van der Waals surface area contributed by atoms with E-state index >= 15 is 0 Å². The minimum atomic E-state index is -0.656. The van der Waals surface area contributed by atoms with Crippen molar-refractivity contribution in [3.8, 4) is 78.6 Å². The summed E-state index contributed by atoms with van der Waals surface area (Å²) in [7, 11) is 0. The highest BCUT2D eigenvalue weighted by Crippen LogP contribution is 2.46. The molecule has 0 radical (unpaired) electrons. The van der Waals surface area contributed by atoms with Crippen LogP contribution in [-0.2, 0) is 4.79 Å². The highest BCUT2D eigenvalue weighted by molar-refractivity contribution is 7.17. The summed E-state index contributed by atoms with van der Waals surface area (Å²) in [5.74, 6) is -4.89. The molecule has 5 aliphatic rings. The zero-order chi connectivity index (χ0) is 88.3. The van der Waals surface area contributed by atoms with Crippen molar-refractivity contribution in [3.05, 3.63) is 330 Å². The third-order valence-electron chi connectivity index (χ3n) is 23.4. The molecule has 15 aromatic rings. The number of aromatic nitrogens is 10. The largest absolute Gasteiger partial charge is 0.431 e. The number of anilines is 4. The van der Waals surface area contributed by atoms with Crippen LogP contribution in [-0.4, -0.2) is 71.8 Å². The molecular formula is C99H84F8N14O6S. The lowest BCUT2D eigenvalue weighted by Crippen LogP contribution is -2.15. The smallest absolute Gasteiger partial charge is 0.311 e. The van der Waals surface area contributed by atoms with Crippen LogP contribution in [0.3, 0.4) is 0 Å². The molecule has 4 amide bonds. The van der Waals surface area contributed by atoms with Crippen molar-refractivity contribution in [1.82, 2.24) is 48.2 Å². The minimum Gasteiger partial charge on any atom is -0.431 e. The molecule has 4 saturated carbocycles. The van der Waals surface area contributed by atoms with E-state index in [2.05, 4.69) is 60.3 Å². The standard InChI is InChI=1S/C26H23F2N3O.C25H21F2N3OS.2C24H20F2N4O2/c27-20-13-11-17(12-14-20)24-25(31(16-29-24)21-5-1-2-6-21)18-9-10-19(15-18)26(32)30-23-8-4-3-7-22(23)28;26-17-11-9-16(10-12-17)23-24(30(15-28-23)18-5-1-2-6-18)21-13-14-22(32-21)25(31)29-20-8-4-3-7-19(20)27;25-16-11-9-15(10-12-16)21-22(30(14-28-21)17-5-1-2-6-17)24-27-13-20(32-24)23(31)29-19-8-4-3-7-18(19)26;25-16-11-9-15(10-12-16)21-22(30(14-28-21)17-5-1-2-6-17)20-13-27-24(32-20)23(31)29-19-8-4-3-7-18(19)26/h3-4,7-14,16,21H,1-2,5-6,15H2,(H,30,32);3-4,7-15,18H,1-2,5-6H2,(H,29,31);2*3-4,7-14,17H,1-2,5-6H2,(H,29,31). The number of hydrogen-bond donors (Lipinski definition) is 4. The van der Waals surface area contributed by atoms with Gasteiger partial charge in [0.25, 0.3) is 23.6 Å². The first-order valence-electron chi connectivity index (χ1n) is 42.4. The van der Waals surface area contributed by atoms with Gasteiger partial charge in [0.1, 0.15) is 63.6 Å². The first-order valence-corrected chi connectivity index (χ1v) is 43.2. The molecular weight excluding hydrogens is 1670 g/mol. The summed E-state index contributed by atoms with van der Waals surface area (Å²) in [6, 6.07) is 53.6. The van der Waals surface area contributed by atoms with Crippen molar-refractivity contribution in [1.29, 1.82) is 0 Å². The number of nitrogens with one attached hydrogen (secondary N) is 4. The second kappa shape index (κ2) is 39.0. The molecule has 5 aliphatic carbocycles. The number of carbonyl (C=O) groups excluding carboxylic acids is 4. The number of carbonyl (C=O) groups is 4. The second-order valence-corrected chi connectivity index (χ2v) is 32.8. The Labute approximate surface area is 734 Å². The molecule has 20 rings (SSSR count). The molecule has 648 valence electrons. The Hall–Kier alpha value is -14.5. The molecule has 7 aromatic heterocycles. The van der Waals surface area contributed by atoms with E-state index in [-0.39, 0.29) is 87.5 Å². The van der Waals surface area contributed by atoms with Crippen LogP contribution in [0.1, 0.15) is 170 Å². The summed E-state index contributed by atoms with van der Waals surface area (Å²) >= 11 is 1.34. The lowest BCUT2D eigenvalue weighted by atomic mass is 10.0. The van der Waals surface area contributed by atoms with E-state index in [0.717, 1.165) is 127 Å². The number of rotatable bonds is 20. The maximum absolute atomic E-state index is 13.9. The summed E-state index contributed by atoms with van der Waals surface area (Å²) < 4.78 is 130. The maximum atomic E-state index is 13.9. The van der Waals surface area contributed by atoms with Crippen LogP contribution in [0.4, 0.5) is 57.9 Å². The molecule has 0 bridgehead atoms. The van der Waals surface area contributed by atoms with Crippen molar-refractivity contribution in [2.75, 3.05) is 21.3 Å². The Morgan fingerprint density at radius 3 is 1.11 bits per heavy atom. The predicted octanol–water partition coefficient (Wildman–Crippen LogP) is 24.9. The van der Waals surface area contributed by atoms with E-state index in [0.29, 0.717) is 63.1 Å². The summed E-state index contributed by atoms with van der Waals surface area (Å²) in [5, 5.41) is 10.3. The van der Waals surface area contributed by atoms with Crippen LogP contribution >= 0.6 is 11.3 Å². The highest BCUT2D eigenvalue weighted by Gasteiger charge is 2.33. The molecule has 0 saturated heterocycles. The van der Waals surface area contributed by atoms with Gasteiger partial charge in [-0.1, -0.05) is 112 Å². The molecule has 8 aromatic carbocycles. The fraction of sp³-hybridized carbons (Fsp3) is 0.212. The number of halogens is 8. The third-order valence-corrected chi connectivity index (χ3v) is 24.5. The first-order chi connectivity index (χ1) is 62.4. The SMILES string of the molecule is O=C(Nc1ccccc1F)C1=CC=C(c2c(-c3ccc(F)cc3)ncn2C2CCCC2)C1.O=C(Nc1ccccc1F)c1ccc(-c2c(-c3ccc(F)cc3)ncn2C2CCCC2)s1.O=C(Nc1ccccc1F)c1cnc(-c2c(-c3ccc(F)cc3)ncn2C2CCCC2)o1.O=C(Nc1ccccc1F)c1ncc(-c2c(-c3ccc(F)cc3)ncn2C2CCCC2)o1. The van der Waals surface area contributed by atoms with Crippen molar-refractivity contribution in [3.63, 3.8) is 0 Å². The second-order valence-electron chi connectivity index (χ2n) is 31.7. The van der Waals surface area contributed by atoms with Gasteiger partial charge in [-0.15, -0.1) is 11.3 Å². The van der Waals surface area contributed by atoms with E-state index in [9.17, 15) is 54.3 Å². The zero-order valence-corrected chi connectivity index (χ0v) is 69.7. The molecule has 4 N–H and O–H groups in total. The number of thiophene rings is 1. The van der Waals surface area contributed by atoms with Gasteiger partial charge in [-0.25, -0.2) is 65.0 Å². The fourth-order valence-electron chi connectivity index (χ4n) is 17.0. The van der Waals surface area contributed by atoms with Gasteiger partial charge >= 0.3 is 5.91 Å². The van der Waals surface area contributed by atoms with Gasteiger partial charge in [0.2, 0.25) is 11.7 Å². The molecule has 20 nitrogen and oxygen atoms in total. The van der Waals surface area contributed by atoms with Crippen LogP contribution < -0.4 is 21.3 Å². The van der Waals surface area contributed by atoms with Crippen LogP contribution in [0.2, 0.25) is 0 Å². The molecule has 0 spiro atoms. The maximum Gasteiger partial charge on any atom is 0.311 e. The van der Waals surface area contributed by atoms with E-state index in [1.165, 1.54) is 146 Å². The quantitative estimate of drug-likeness (QED) is 0.0521. The number of amides is 4. The zero-order valence-electron chi connectivity index (χ0n) is 68.9. The van der Waals surface area contributed by atoms with Gasteiger partial charge in [0.05, 0.1) is 98.7 Å². The Morgan fingerprint density at radius 1 is 0.336 bits per heavy atom. The Kier molecular flexibility index (Phi) is 26.1. The molecule has 0 atom stereocenters. The summed E-state index contributed by atoms with van der Waals surface area (Å²) in [5.41, 5.74) is 11.0. The number of benzene rings is 8. The normalized spacial score (nSPS) is 14.6. The molecule has 4 fully saturated rings. The summed E-state index contributed by atoms with van der Waals surface area (Å²) in [6.07, 6.45) is 31.7. The number of hydrogen-bond acceptors (Lipinski definition) is 13. The van der Waals surface area contributed by atoms with Gasteiger partial charge in [-0.3, -0.25) is 19.2 Å². The summed E-state index contributed by atoms with van der Waals surface area (Å²) in [4.78, 5) is 79.0. The average Bonchev–Trinajstić information content (AvgIpc) is 1.64. The van der Waals surface area contributed by atoms with Crippen molar-refractivity contribution in [2.45, 2.75) is 133 Å². The molecule has 29 heteroatoms. The van der Waals surface area contributed by atoms with E-state index in [1.807, 2.05) is 33.9 Å². The number of allylic oxidation sites excluding steroid dienone is 3. The van der Waals surface area contributed by atoms with Gasteiger partial charge in [0.15, 0.2) is 5.76 Å². The van der Waals surface area contributed by atoms with Crippen molar-refractivity contribution >= 4 is 63.3 Å². The van der Waals surface area contributed by atoms with E-state index in [1.54, 1.807) is 122 Å². The van der Waals surface area contributed by atoms with Crippen molar-refractivity contribution in [2.24, 2.45) is 0 Å². The molecule has 0 unspecified atom stereocenters. The predicted molar refractivity (Wildman–Crippen MR) is 474 cm³/mol. The third kappa shape index (κ3) is 19.3. The molecule has 7 heterocycles. The lowest BCUT2D eigenvalue weighted by molar-refractivity contribution is -0.112. The Balaban J connectivity index is 0.000000120. The van der Waals surface area contributed by atoms with Crippen LogP contribution in [0.25, 0.3) is 84.2 Å². The Morgan fingerprint density at radius 2 is 0.688 bits per heavy atom. The molecule has 0 aliphatic heterocycles. The fourth-order valence-corrected chi connectivity index (χ4v) is 17.9. The number of oxazole rings is 2. The molecule has 128 heavy (non-hydrogen) atoms. The number of para-hydroxylation sites is 4. The van der Waals surface area contributed by atoms with Gasteiger partial charge < -0.3 is 48.4 Å². The summed E-state index contributed by atoms with van der Waals surface area (Å²) in [6.45, 7) is 0. The number of imidazole rings is 4. The first kappa shape index (κ1) is 85.7. The highest BCUT2D eigenvalue weighted by atomic mass is 32.1. The van der Waals surface area contributed by atoms with E-state index in [4.69, 9.17) is 8.83 Å². The van der Waals surface area contributed by atoms with Gasteiger partial charge in [0, 0.05) is 58.4 Å². The van der Waals surface area contributed by atoms with Gasteiger partial charge in [-0.2, -0.15) is 0 Å². The minimum absolute atomic E-state index is 0.0419. The number of nitrogens with zero attached hydrogens (tertiary/aromatic N) is 10. The van der Waals surface area contributed by atoms with Crippen LogP contribution in [0, 0.1) is 46.5 Å². The average molecular weight is 1750 g/mol. The van der Waals surface area contributed by atoms with E-state index < -0.39 is 35.1 Å². The topological polar surface area (TPSA) is 240 Å². The van der Waals surface area contributed by atoms with Crippen LogP contribution in [0.5, 0.6) is 0 Å².